The highest BCUT2D eigenvalue weighted by Gasteiger charge is 2.28. The molecular formula is C21H37NO2Si2. The van der Waals surface area contributed by atoms with Gasteiger partial charge in [0.1, 0.15) is 6.10 Å². The van der Waals surface area contributed by atoms with Gasteiger partial charge < -0.3 is 4.74 Å². The summed E-state index contributed by atoms with van der Waals surface area (Å²) in [4.78, 5) is 14.2. The van der Waals surface area contributed by atoms with Crippen LogP contribution in [0.1, 0.15) is 19.4 Å². The maximum absolute atomic E-state index is 11.7. The fourth-order valence-electron chi connectivity index (χ4n) is 2.85. The average molecular weight is 392 g/mol. The Labute approximate surface area is 162 Å². The Morgan fingerprint density at radius 1 is 1.12 bits per heavy atom. The smallest absolute Gasteiger partial charge is 0.303 e. The maximum Gasteiger partial charge on any atom is 0.303 e. The molecule has 0 radical (unpaired) electrons. The Bertz CT molecular complexity index is 588. The van der Waals surface area contributed by atoms with Gasteiger partial charge in [0.05, 0.1) is 16.1 Å². The predicted molar refractivity (Wildman–Crippen MR) is 118 cm³/mol. The minimum absolute atomic E-state index is 0.137. The van der Waals surface area contributed by atoms with Crippen LogP contribution in [0.2, 0.25) is 39.3 Å². The number of hydrogen-bond acceptors (Lipinski definition) is 3. The summed E-state index contributed by atoms with van der Waals surface area (Å²) in [7, 11) is -2.67. The monoisotopic (exact) mass is 391 g/mol. The molecule has 0 spiro atoms. The zero-order valence-corrected chi connectivity index (χ0v) is 19.9. The summed E-state index contributed by atoms with van der Waals surface area (Å²) in [6, 6.07) is 10.7. The minimum atomic E-state index is -1.35. The van der Waals surface area contributed by atoms with E-state index in [2.05, 4.69) is 87.1 Å². The van der Waals surface area contributed by atoms with Crippen LogP contribution in [0.25, 0.3) is 0 Å². The van der Waals surface area contributed by atoms with Crippen LogP contribution < -0.4 is 0 Å². The Hall–Kier alpha value is -1.18. The molecule has 0 bridgehead atoms. The first-order valence-corrected chi connectivity index (χ1v) is 16.8. The van der Waals surface area contributed by atoms with Gasteiger partial charge in [0.2, 0.25) is 0 Å². The number of rotatable bonds is 9. The van der Waals surface area contributed by atoms with E-state index in [0.29, 0.717) is 0 Å². The molecule has 0 unspecified atom stereocenters. The fraction of sp³-hybridized carbons (Fsp3) is 0.571. The van der Waals surface area contributed by atoms with Gasteiger partial charge in [-0.3, -0.25) is 9.69 Å². The average Bonchev–Trinajstić information content (AvgIpc) is 2.48. The maximum atomic E-state index is 11.7. The first kappa shape index (κ1) is 22.9. The number of esters is 1. The van der Waals surface area contributed by atoms with Gasteiger partial charge in [-0.1, -0.05) is 81.4 Å². The number of carbonyl (C=O) groups excluding carboxylic acids is 1. The lowest BCUT2D eigenvalue weighted by atomic mass is 10.1. The highest BCUT2D eigenvalue weighted by atomic mass is 28.3. The molecular weight excluding hydrogens is 354 g/mol. The SMILES string of the molecule is CC(=O)O[C@H](/C=C\[Si](C)(C)C)[C@H](C)N(Cc1ccccc1)C[Si](C)(C)C. The second kappa shape index (κ2) is 9.67. The molecule has 0 saturated carbocycles. The number of carbonyl (C=O) groups is 1. The van der Waals surface area contributed by atoms with Crippen molar-refractivity contribution in [3.63, 3.8) is 0 Å². The standard InChI is InChI=1S/C21H37NO2Si2/c1-18(21(24-19(2)23)14-15-25(3,4)5)22(17-26(6,7)8)16-20-12-10-9-11-13-20/h9-15,18,21H,16-17H2,1-8H3/b15-14-/t18-,21+/m0/s1. The van der Waals surface area contributed by atoms with Crippen molar-refractivity contribution in [2.45, 2.75) is 71.8 Å². The van der Waals surface area contributed by atoms with Gasteiger partial charge in [-0.15, -0.1) is 0 Å². The highest BCUT2D eigenvalue weighted by Crippen LogP contribution is 2.18. The van der Waals surface area contributed by atoms with Gasteiger partial charge in [0, 0.05) is 19.5 Å². The van der Waals surface area contributed by atoms with E-state index in [0.717, 1.165) is 12.7 Å². The van der Waals surface area contributed by atoms with Gasteiger partial charge in [-0.25, -0.2) is 0 Å². The fourth-order valence-corrected chi connectivity index (χ4v) is 5.24. The highest BCUT2D eigenvalue weighted by molar-refractivity contribution is 6.81. The first-order valence-electron chi connectivity index (χ1n) is 9.52. The molecule has 0 aliphatic heterocycles. The molecule has 0 N–H and O–H groups in total. The molecule has 0 saturated heterocycles. The summed E-state index contributed by atoms with van der Waals surface area (Å²) in [5.74, 6) is -0.213. The molecule has 0 aliphatic carbocycles. The predicted octanol–water partition coefficient (Wildman–Crippen LogP) is 5.12. The van der Waals surface area contributed by atoms with E-state index in [-0.39, 0.29) is 18.1 Å². The largest absolute Gasteiger partial charge is 0.457 e. The molecule has 0 heterocycles. The summed E-state index contributed by atoms with van der Waals surface area (Å²) in [6.07, 6.45) is 2.99. The van der Waals surface area contributed by atoms with E-state index in [1.165, 1.54) is 12.5 Å². The van der Waals surface area contributed by atoms with E-state index in [1.54, 1.807) is 0 Å². The van der Waals surface area contributed by atoms with Crippen molar-refractivity contribution in [1.29, 1.82) is 0 Å². The Balaban J connectivity index is 3.08. The number of hydrogen-bond donors (Lipinski definition) is 0. The normalized spacial score (nSPS) is 15.3. The third-order valence-corrected chi connectivity index (χ3v) is 6.59. The third kappa shape index (κ3) is 9.50. The van der Waals surface area contributed by atoms with Crippen LogP contribution in [0, 0.1) is 0 Å². The molecule has 146 valence electrons. The first-order chi connectivity index (χ1) is 11.9. The van der Waals surface area contributed by atoms with Gasteiger partial charge in [-0.05, 0) is 18.7 Å². The van der Waals surface area contributed by atoms with E-state index in [9.17, 15) is 4.79 Å². The summed E-state index contributed by atoms with van der Waals surface area (Å²) >= 11 is 0. The lowest BCUT2D eigenvalue weighted by molar-refractivity contribution is -0.146. The molecule has 3 nitrogen and oxygen atoms in total. The molecule has 0 amide bonds. The lowest BCUT2D eigenvalue weighted by Crippen LogP contribution is -2.49. The number of benzene rings is 1. The lowest BCUT2D eigenvalue weighted by Gasteiger charge is -2.37. The molecule has 0 aromatic heterocycles. The zero-order valence-electron chi connectivity index (χ0n) is 17.9. The van der Waals surface area contributed by atoms with Crippen molar-refractivity contribution in [3.8, 4) is 0 Å². The summed E-state index contributed by atoms with van der Waals surface area (Å²) in [6.45, 7) is 18.6. The van der Waals surface area contributed by atoms with E-state index >= 15 is 0 Å². The van der Waals surface area contributed by atoms with Crippen molar-refractivity contribution in [3.05, 3.63) is 47.7 Å². The van der Waals surface area contributed by atoms with Crippen molar-refractivity contribution in [2.75, 3.05) is 6.17 Å². The van der Waals surface area contributed by atoms with Gasteiger partial charge in [0.15, 0.2) is 0 Å². The van der Waals surface area contributed by atoms with Crippen molar-refractivity contribution < 1.29 is 9.53 Å². The van der Waals surface area contributed by atoms with E-state index < -0.39 is 16.1 Å². The molecule has 0 fully saturated rings. The van der Waals surface area contributed by atoms with Crippen molar-refractivity contribution in [2.24, 2.45) is 0 Å². The second-order valence-electron chi connectivity index (χ2n) is 9.49. The van der Waals surface area contributed by atoms with Gasteiger partial charge in [-0.2, -0.15) is 0 Å². The molecule has 1 aromatic rings. The minimum Gasteiger partial charge on any atom is -0.457 e. The summed E-state index contributed by atoms with van der Waals surface area (Å²) in [5, 5.41) is 0. The van der Waals surface area contributed by atoms with Crippen molar-refractivity contribution in [1.82, 2.24) is 4.90 Å². The van der Waals surface area contributed by atoms with Crippen LogP contribution in [-0.2, 0) is 16.1 Å². The van der Waals surface area contributed by atoms with Crippen molar-refractivity contribution >= 4 is 22.1 Å². The van der Waals surface area contributed by atoms with Gasteiger partial charge in [0.25, 0.3) is 0 Å². The summed E-state index contributed by atoms with van der Waals surface area (Å²) < 4.78 is 5.71. The Morgan fingerprint density at radius 3 is 2.15 bits per heavy atom. The zero-order chi connectivity index (χ0) is 20.0. The molecule has 1 aromatic carbocycles. The molecule has 5 heteroatoms. The molecule has 2 atom stereocenters. The van der Waals surface area contributed by atoms with Crippen LogP contribution in [0.5, 0.6) is 0 Å². The molecule has 0 aliphatic rings. The quantitative estimate of drug-likeness (QED) is 0.432. The number of nitrogens with zero attached hydrogens (tertiary/aromatic N) is 1. The van der Waals surface area contributed by atoms with Crippen LogP contribution in [0.4, 0.5) is 0 Å². The third-order valence-electron chi connectivity index (χ3n) is 4.05. The van der Waals surface area contributed by atoms with E-state index in [1.807, 2.05) is 6.07 Å². The second-order valence-corrected chi connectivity index (χ2v) is 20.0. The topological polar surface area (TPSA) is 29.5 Å². The van der Waals surface area contributed by atoms with Gasteiger partial charge >= 0.3 is 5.97 Å². The molecule has 26 heavy (non-hydrogen) atoms. The van der Waals surface area contributed by atoms with Crippen LogP contribution >= 0.6 is 0 Å². The van der Waals surface area contributed by atoms with Crippen LogP contribution in [0.15, 0.2) is 42.1 Å². The number of ether oxygens (including phenoxy) is 1. The van der Waals surface area contributed by atoms with Crippen LogP contribution in [-0.4, -0.2) is 45.3 Å². The van der Waals surface area contributed by atoms with Crippen LogP contribution in [0.3, 0.4) is 0 Å². The van der Waals surface area contributed by atoms with E-state index in [4.69, 9.17) is 4.74 Å². The Morgan fingerprint density at radius 2 is 1.69 bits per heavy atom. The Kier molecular flexibility index (Phi) is 8.50. The summed E-state index contributed by atoms with van der Waals surface area (Å²) in [5.41, 5.74) is 3.58. The molecule has 1 rings (SSSR count).